The highest BCUT2D eigenvalue weighted by atomic mass is 32.1. The molecule has 2 heterocycles. The summed E-state index contributed by atoms with van der Waals surface area (Å²) in [4.78, 5) is 4.07. The molecule has 60 valence electrons. The smallest absolute Gasteiger partial charge is 0.135 e. The van der Waals surface area contributed by atoms with E-state index in [1.54, 1.807) is 0 Å². The van der Waals surface area contributed by atoms with E-state index in [0.29, 0.717) is 6.61 Å². The van der Waals surface area contributed by atoms with Gasteiger partial charge in [-0.15, -0.1) is 0 Å². The molecule has 0 amide bonds. The number of hydrogen-bond acceptors (Lipinski definition) is 5. The van der Waals surface area contributed by atoms with E-state index in [2.05, 4.69) is 9.36 Å². The zero-order valence-corrected chi connectivity index (χ0v) is 6.80. The first-order valence-corrected chi connectivity index (χ1v) is 4.22. The highest BCUT2D eigenvalue weighted by molar-refractivity contribution is 7.05. The second kappa shape index (κ2) is 2.51. The maximum atomic E-state index is 6.01. The van der Waals surface area contributed by atoms with Crippen molar-refractivity contribution in [3.8, 4) is 0 Å². The minimum absolute atomic E-state index is 0.360. The van der Waals surface area contributed by atoms with Gasteiger partial charge in [0.25, 0.3) is 0 Å². The fourth-order valence-electron chi connectivity index (χ4n) is 1.14. The van der Waals surface area contributed by atoms with Gasteiger partial charge in [0.15, 0.2) is 0 Å². The van der Waals surface area contributed by atoms with Crippen LogP contribution in [-0.2, 0) is 10.3 Å². The maximum Gasteiger partial charge on any atom is 0.135 e. The quantitative estimate of drug-likeness (QED) is 0.651. The molecule has 0 saturated carbocycles. The molecule has 1 atom stereocenters. The molecule has 1 aliphatic heterocycles. The number of nitrogens with zero attached hydrogens (tertiary/aromatic N) is 2. The van der Waals surface area contributed by atoms with Crippen molar-refractivity contribution in [3.05, 3.63) is 11.3 Å². The van der Waals surface area contributed by atoms with E-state index in [1.165, 1.54) is 17.9 Å². The summed E-state index contributed by atoms with van der Waals surface area (Å²) in [5, 5.41) is 0.884. The van der Waals surface area contributed by atoms with Crippen LogP contribution in [-0.4, -0.2) is 22.6 Å². The van der Waals surface area contributed by atoms with Crippen molar-refractivity contribution in [2.24, 2.45) is 5.73 Å². The van der Waals surface area contributed by atoms with Crippen molar-refractivity contribution >= 4 is 11.5 Å². The van der Waals surface area contributed by atoms with Gasteiger partial charge >= 0.3 is 0 Å². The van der Waals surface area contributed by atoms with Crippen LogP contribution in [0.2, 0.25) is 0 Å². The predicted octanol–water partition coefficient (Wildman–Crippen LogP) is 0.112. The Morgan fingerprint density at radius 1 is 1.73 bits per heavy atom. The fourth-order valence-corrected chi connectivity index (χ4v) is 1.77. The van der Waals surface area contributed by atoms with E-state index in [-0.39, 0.29) is 5.54 Å². The third-order valence-electron chi connectivity index (χ3n) is 1.84. The summed E-state index contributed by atoms with van der Waals surface area (Å²) >= 11 is 1.35. The third-order valence-corrected chi connectivity index (χ3v) is 2.72. The molecule has 1 fully saturated rings. The van der Waals surface area contributed by atoms with E-state index >= 15 is 0 Å². The molecule has 2 rings (SSSR count). The van der Waals surface area contributed by atoms with E-state index in [1.807, 2.05) is 0 Å². The van der Waals surface area contributed by atoms with Crippen LogP contribution >= 0.6 is 11.5 Å². The molecule has 1 unspecified atom stereocenters. The summed E-state index contributed by atoms with van der Waals surface area (Å²) in [6.45, 7) is 1.30. The summed E-state index contributed by atoms with van der Waals surface area (Å²) in [5.41, 5.74) is 5.65. The van der Waals surface area contributed by atoms with Crippen LogP contribution in [0.15, 0.2) is 6.33 Å². The lowest BCUT2D eigenvalue weighted by atomic mass is 10.0. The summed E-state index contributed by atoms with van der Waals surface area (Å²) < 4.78 is 9.10. The summed E-state index contributed by atoms with van der Waals surface area (Å²) in [5.74, 6) is 0. The highest BCUT2D eigenvalue weighted by Crippen LogP contribution is 2.27. The van der Waals surface area contributed by atoms with Crippen molar-refractivity contribution in [1.82, 2.24) is 9.36 Å². The van der Waals surface area contributed by atoms with Gasteiger partial charge in [0.2, 0.25) is 0 Å². The van der Waals surface area contributed by atoms with Crippen LogP contribution in [0.5, 0.6) is 0 Å². The van der Waals surface area contributed by atoms with Gasteiger partial charge in [0.05, 0.1) is 12.1 Å². The molecular formula is C6H9N3OS. The van der Waals surface area contributed by atoms with Crippen LogP contribution in [0.4, 0.5) is 0 Å². The standard InChI is InChI=1S/C6H9N3OS/c7-6(1-2-10-3-6)5-8-4-9-11-5/h4H,1-3,7H2. The van der Waals surface area contributed by atoms with Gasteiger partial charge in [-0.3, -0.25) is 0 Å². The second-order valence-electron chi connectivity index (χ2n) is 2.71. The first-order chi connectivity index (χ1) is 5.31. The van der Waals surface area contributed by atoms with Gasteiger partial charge in [-0.25, -0.2) is 4.98 Å². The van der Waals surface area contributed by atoms with Crippen LogP contribution < -0.4 is 5.73 Å². The second-order valence-corrected chi connectivity index (χ2v) is 3.49. The van der Waals surface area contributed by atoms with Crippen molar-refractivity contribution in [2.75, 3.05) is 13.2 Å². The number of nitrogens with two attached hydrogens (primary N) is 1. The van der Waals surface area contributed by atoms with Crippen LogP contribution in [0.25, 0.3) is 0 Å². The molecule has 0 aliphatic carbocycles. The Morgan fingerprint density at radius 2 is 2.64 bits per heavy atom. The minimum atomic E-state index is -0.360. The zero-order chi connectivity index (χ0) is 7.73. The van der Waals surface area contributed by atoms with Crippen LogP contribution in [0.3, 0.4) is 0 Å². The highest BCUT2D eigenvalue weighted by Gasteiger charge is 2.35. The molecule has 0 aromatic carbocycles. The molecule has 4 nitrogen and oxygen atoms in total. The molecule has 1 aliphatic rings. The Balaban J connectivity index is 2.27. The van der Waals surface area contributed by atoms with Crippen LogP contribution in [0, 0.1) is 0 Å². The van der Waals surface area contributed by atoms with E-state index in [9.17, 15) is 0 Å². The van der Waals surface area contributed by atoms with E-state index in [4.69, 9.17) is 10.5 Å². The lowest BCUT2D eigenvalue weighted by Gasteiger charge is -2.16. The largest absolute Gasteiger partial charge is 0.379 e. The minimum Gasteiger partial charge on any atom is -0.379 e. The average Bonchev–Trinajstić information content (AvgIpc) is 2.55. The number of ether oxygens (including phenoxy) is 1. The Morgan fingerprint density at radius 3 is 3.18 bits per heavy atom. The molecule has 2 N–H and O–H groups in total. The van der Waals surface area contributed by atoms with E-state index < -0.39 is 0 Å². The Bertz CT molecular complexity index is 230. The van der Waals surface area contributed by atoms with Gasteiger partial charge in [0.1, 0.15) is 11.3 Å². The zero-order valence-electron chi connectivity index (χ0n) is 5.99. The molecule has 0 bridgehead atoms. The monoisotopic (exact) mass is 171 g/mol. The number of rotatable bonds is 1. The van der Waals surface area contributed by atoms with Gasteiger partial charge < -0.3 is 10.5 Å². The van der Waals surface area contributed by atoms with Gasteiger partial charge in [-0.05, 0) is 18.0 Å². The first-order valence-electron chi connectivity index (χ1n) is 3.45. The molecule has 0 radical (unpaired) electrons. The Kier molecular flexibility index (Phi) is 1.63. The maximum absolute atomic E-state index is 6.01. The summed E-state index contributed by atoms with van der Waals surface area (Å²) in [7, 11) is 0. The number of aromatic nitrogens is 2. The van der Waals surface area contributed by atoms with E-state index in [0.717, 1.165) is 18.0 Å². The molecule has 5 heteroatoms. The fraction of sp³-hybridized carbons (Fsp3) is 0.667. The summed E-state index contributed by atoms with van der Waals surface area (Å²) in [6.07, 6.45) is 2.38. The van der Waals surface area contributed by atoms with Crippen molar-refractivity contribution in [2.45, 2.75) is 12.0 Å². The molecular weight excluding hydrogens is 162 g/mol. The van der Waals surface area contributed by atoms with Crippen molar-refractivity contribution in [1.29, 1.82) is 0 Å². The summed E-state index contributed by atoms with van der Waals surface area (Å²) in [6, 6.07) is 0. The number of hydrogen-bond donors (Lipinski definition) is 1. The molecule has 11 heavy (non-hydrogen) atoms. The molecule has 1 saturated heterocycles. The predicted molar refractivity (Wildman–Crippen MR) is 41.2 cm³/mol. The van der Waals surface area contributed by atoms with Gasteiger partial charge in [-0.2, -0.15) is 4.37 Å². The molecule has 1 aromatic rings. The SMILES string of the molecule is NC1(c2ncns2)CCOC1. The lowest BCUT2D eigenvalue weighted by molar-refractivity contribution is 0.178. The Labute approximate surface area is 68.6 Å². The van der Waals surface area contributed by atoms with Crippen molar-refractivity contribution in [3.63, 3.8) is 0 Å². The Hall–Kier alpha value is -0.520. The first kappa shape index (κ1) is 7.15. The topological polar surface area (TPSA) is 61.0 Å². The third kappa shape index (κ3) is 1.15. The van der Waals surface area contributed by atoms with Crippen LogP contribution in [0.1, 0.15) is 11.4 Å². The van der Waals surface area contributed by atoms with Crippen molar-refractivity contribution < 1.29 is 4.74 Å². The molecule has 1 aromatic heterocycles. The normalized spacial score (nSPS) is 31.0. The average molecular weight is 171 g/mol. The lowest BCUT2D eigenvalue weighted by Crippen LogP contribution is -2.36. The van der Waals surface area contributed by atoms with Gasteiger partial charge in [-0.1, -0.05) is 0 Å². The van der Waals surface area contributed by atoms with Gasteiger partial charge in [0, 0.05) is 6.61 Å². The molecule has 0 spiro atoms.